The van der Waals surface area contributed by atoms with Gasteiger partial charge in [-0.15, -0.1) is 0 Å². The molecule has 3 rings (SSSR count). The molecule has 0 aromatic heterocycles. The average Bonchev–Trinajstić information content (AvgIpc) is 2.95. The molecule has 6 atom stereocenters. The van der Waals surface area contributed by atoms with Gasteiger partial charge in [0.2, 0.25) is 0 Å². The molecule has 3 unspecified atom stereocenters. The number of allylic oxidation sites excluding steroid dienone is 1. The number of hydrogen-bond donors (Lipinski definition) is 2. The highest BCUT2D eigenvalue weighted by molar-refractivity contribution is 5.85. The van der Waals surface area contributed by atoms with E-state index >= 15 is 0 Å². The third-order valence-electron chi connectivity index (χ3n) is 8.57. The van der Waals surface area contributed by atoms with Crippen LogP contribution in [0.1, 0.15) is 86.0 Å². The Morgan fingerprint density at radius 1 is 1.27 bits per heavy atom. The normalized spacial score (nSPS) is 41.8. The first-order chi connectivity index (χ1) is 13.9. The first-order valence-corrected chi connectivity index (χ1v) is 11.4. The van der Waals surface area contributed by atoms with E-state index in [1.165, 1.54) is 5.57 Å². The number of carboxylic acids is 1. The Bertz CT molecular complexity index is 764. The summed E-state index contributed by atoms with van der Waals surface area (Å²) in [5, 5.41) is 21.3. The number of esters is 1. The Balaban J connectivity index is 1.73. The maximum absolute atomic E-state index is 12.2. The predicted molar refractivity (Wildman–Crippen MR) is 116 cm³/mol. The fourth-order valence-corrected chi connectivity index (χ4v) is 6.76. The van der Waals surface area contributed by atoms with Crippen LogP contribution in [0.5, 0.6) is 0 Å². The number of ether oxygens (including phenoxy) is 1. The highest BCUT2D eigenvalue weighted by Crippen LogP contribution is 2.63. The van der Waals surface area contributed by atoms with Gasteiger partial charge in [0, 0.05) is 12.5 Å². The van der Waals surface area contributed by atoms with Crippen LogP contribution in [0.25, 0.3) is 0 Å². The van der Waals surface area contributed by atoms with Crippen molar-refractivity contribution >= 4 is 11.9 Å². The summed E-state index contributed by atoms with van der Waals surface area (Å²) in [6.45, 7) is 10.1. The minimum atomic E-state index is -0.775. The molecule has 3 aliphatic rings. The van der Waals surface area contributed by atoms with Crippen molar-refractivity contribution in [2.24, 2.45) is 22.7 Å². The zero-order valence-corrected chi connectivity index (χ0v) is 19.2. The first kappa shape index (κ1) is 23.1. The van der Waals surface area contributed by atoms with E-state index in [-0.39, 0.29) is 29.3 Å². The predicted octanol–water partition coefficient (Wildman–Crippen LogP) is 5.03. The summed E-state index contributed by atoms with van der Waals surface area (Å²) in [6, 6.07) is 0. The molecule has 5 heteroatoms. The van der Waals surface area contributed by atoms with Gasteiger partial charge in [0.25, 0.3) is 0 Å². The number of hydrogen-bond acceptors (Lipinski definition) is 4. The van der Waals surface area contributed by atoms with Crippen LogP contribution >= 0.6 is 0 Å². The van der Waals surface area contributed by atoms with E-state index in [0.717, 1.165) is 44.1 Å². The Labute approximate surface area is 180 Å². The maximum Gasteiger partial charge on any atom is 0.331 e. The summed E-state index contributed by atoms with van der Waals surface area (Å²) < 4.78 is 5.31. The van der Waals surface area contributed by atoms with Crippen molar-refractivity contribution in [2.45, 2.75) is 97.7 Å². The molecule has 0 radical (unpaired) electrons. The lowest BCUT2D eigenvalue weighted by molar-refractivity contribution is -0.190. The van der Waals surface area contributed by atoms with Crippen molar-refractivity contribution in [1.29, 1.82) is 0 Å². The summed E-state index contributed by atoms with van der Waals surface area (Å²) in [5.41, 5.74) is 0.535. The maximum atomic E-state index is 12.2. The Morgan fingerprint density at radius 2 is 1.97 bits per heavy atom. The smallest absolute Gasteiger partial charge is 0.331 e. The van der Waals surface area contributed by atoms with Gasteiger partial charge in [-0.3, -0.25) is 4.79 Å². The summed E-state index contributed by atoms with van der Waals surface area (Å²) in [6.07, 6.45) is 9.94. The lowest BCUT2D eigenvalue weighted by atomic mass is 9.44. The van der Waals surface area contributed by atoms with Crippen LogP contribution in [0.15, 0.2) is 23.3 Å². The van der Waals surface area contributed by atoms with Crippen LogP contribution in [-0.2, 0) is 14.3 Å². The van der Waals surface area contributed by atoms with Crippen molar-refractivity contribution in [2.75, 3.05) is 0 Å². The van der Waals surface area contributed by atoms with Crippen molar-refractivity contribution < 1.29 is 24.5 Å². The third kappa shape index (κ3) is 4.10. The molecule has 2 saturated carbocycles. The summed E-state index contributed by atoms with van der Waals surface area (Å²) in [4.78, 5) is 23.5. The van der Waals surface area contributed by atoms with Gasteiger partial charge in [0.1, 0.15) is 6.10 Å². The Kier molecular flexibility index (Phi) is 6.26. The third-order valence-corrected chi connectivity index (χ3v) is 8.57. The Morgan fingerprint density at radius 3 is 2.57 bits per heavy atom. The number of carbonyl (C=O) groups excluding carboxylic acids is 1. The zero-order valence-electron chi connectivity index (χ0n) is 19.2. The number of rotatable bonds is 6. The van der Waals surface area contributed by atoms with Crippen LogP contribution in [-0.4, -0.2) is 33.9 Å². The summed E-state index contributed by atoms with van der Waals surface area (Å²) in [7, 11) is 0. The second-order valence-corrected chi connectivity index (χ2v) is 10.7. The molecular formula is C25H38O5. The summed E-state index contributed by atoms with van der Waals surface area (Å²) in [5.74, 6) is -0.794. The molecule has 2 N–H and O–H groups in total. The van der Waals surface area contributed by atoms with Crippen molar-refractivity contribution in [3.8, 4) is 0 Å². The standard InChI is InChI=1S/C25H38O5/c1-16(7-9-18-17(2)15-21(26)30-18)8-10-20-23(3)12-6-13-24(4,22(27)28)19(23)11-14-25(20,5)29/h7,15,18-20,29H,6,8-14H2,1-5H3,(H,27,28)/b16-7+/t18?,19?,20?,23-,24+,25+/m0/s1. The molecular weight excluding hydrogens is 380 g/mol. The molecule has 1 heterocycles. The molecule has 0 saturated heterocycles. The fourth-order valence-electron chi connectivity index (χ4n) is 6.76. The van der Waals surface area contributed by atoms with Crippen molar-refractivity contribution in [3.05, 3.63) is 23.3 Å². The van der Waals surface area contributed by atoms with E-state index in [1.54, 1.807) is 6.08 Å². The van der Waals surface area contributed by atoms with Crippen LogP contribution < -0.4 is 0 Å². The topological polar surface area (TPSA) is 83.8 Å². The zero-order chi connectivity index (χ0) is 22.3. The second kappa shape index (κ2) is 8.14. The first-order valence-electron chi connectivity index (χ1n) is 11.4. The second-order valence-electron chi connectivity index (χ2n) is 10.7. The molecule has 5 nitrogen and oxygen atoms in total. The van der Waals surface area contributed by atoms with Gasteiger partial charge in [-0.05, 0) is 89.0 Å². The molecule has 168 valence electrons. The number of carbonyl (C=O) groups is 2. The van der Waals surface area contributed by atoms with Crippen LogP contribution in [0, 0.1) is 22.7 Å². The van der Waals surface area contributed by atoms with Gasteiger partial charge in [0.05, 0.1) is 11.0 Å². The molecule has 0 aromatic carbocycles. The average molecular weight is 419 g/mol. The highest BCUT2D eigenvalue weighted by Gasteiger charge is 2.61. The number of fused-ring (bicyclic) bond motifs is 1. The molecule has 2 aliphatic carbocycles. The van der Waals surface area contributed by atoms with Gasteiger partial charge < -0.3 is 14.9 Å². The quantitative estimate of drug-likeness (QED) is 0.467. The largest absolute Gasteiger partial charge is 0.481 e. The van der Waals surface area contributed by atoms with Crippen molar-refractivity contribution in [3.63, 3.8) is 0 Å². The minimum absolute atomic E-state index is 0.0667. The fraction of sp³-hybridized carbons (Fsp3) is 0.760. The summed E-state index contributed by atoms with van der Waals surface area (Å²) >= 11 is 0. The molecule has 0 spiro atoms. The van der Waals surface area contributed by atoms with Crippen molar-refractivity contribution in [1.82, 2.24) is 0 Å². The number of aliphatic carboxylic acids is 1. The lowest BCUT2D eigenvalue weighted by Gasteiger charge is -2.60. The minimum Gasteiger partial charge on any atom is -0.481 e. The highest BCUT2D eigenvalue weighted by atomic mass is 16.5. The molecule has 1 aliphatic heterocycles. The van der Waals surface area contributed by atoms with E-state index in [4.69, 9.17) is 4.74 Å². The molecule has 0 aromatic rings. The Hall–Kier alpha value is -1.62. The number of cyclic esters (lactones) is 1. The van der Waals surface area contributed by atoms with Crippen LogP contribution in [0.3, 0.4) is 0 Å². The molecule has 0 amide bonds. The van der Waals surface area contributed by atoms with E-state index < -0.39 is 17.0 Å². The molecule has 0 bridgehead atoms. The van der Waals surface area contributed by atoms with E-state index in [1.807, 2.05) is 20.8 Å². The molecule has 30 heavy (non-hydrogen) atoms. The van der Waals surface area contributed by atoms with Gasteiger partial charge in [0.15, 0.2) is 0 Å². The monoisotopic (exact) mass is 418 g/mol. The van der Waals surface area contributed by atoms with E-state index in [0.29, 0.717) is 12.8 Å². The van der Waals surface area contributed by atoms with Gasteiger partial charge in [-0.2, -0.15) is 0 Å². The van der Waals surface area contributed by atoms with E-state index in [2.05, 4.69) is 19.9 Å². The number of aliphatic hydroxyl groups is 1. The lowest BCUT2D eigenvalue weighted by Crippen LogP contribution is -2.59. The van der Waals surface area contributed by atoms with Crippen LogP contribution in [0.2, 0.25) is 0 Å². The van der Waals surface area contributed by atoms with Gasteiger partial charge >= 0.3 is 11.9 Å². The molecule has 2 fully saturated rings. The SMILES string of the molecule is CC1=CC(=O)OC1C/C=C(\C)CCC1[C@@]2(C)CCC[C@@](C)(C(=O)O)C2CC[C@@]1(C)O. The number of carboxylic acid groups (broad SMARTS) is 1. The van der Waals surface area contributed by atoms with E-state index in [9.17, 15) is 19.8 Å². The van der Waals surface area contributed by atoms with Gasteiger partial charge in [-0.1, -0.05) is 25.0 Å². The van der Waals surface area contributed by atoms with Crippen LogP contribution in [0.4, 0.5) is 0 Å². The van der Waals surface area contributed by atoms with Gasteiger partial charge in [-0.25, -0.2) is 4.79 Å².